The van der Waals surface area contributed by atoms with Crippen molar-refractivity contribution in [3.8, 4) is 5.75 Å². The summed E-state index contributed by atoms with van der Waals surface area (Å²) in [5, 5.41) is 10.8. The number of benzene rings is 1. The van der Waals surface area contributed by atoms with Crippen molar-refractivity contribution >= 4 is 11.5 Å². The van der Waals surface area contributed by atoms with Crippen molar-refractivity contribution in [1.82, 2.24) is 4.90 Å². The number of hydrogen-bond donors (Lipinski definition) is 0. The van der Waals surface area contributed by atoms with E-state index in [2.05, 4.69) is 4.90 Å². The normalized spacial score (nSPS) is 17.8. The van der Waals surface area contributed by atoms with E-state index < -0.39 is 4.92 Å². The molecular formula is C18H20N2O6. The maximum atomic E-state index is 12.2. The second-order valence-corrected chi connectivity index (χ2v) is 5.97. The van der Waals surface area contributed by atoms with Crippen molar-refractivity contribution in [2.75, 3.05) is 32.9 Å². The number of rotatable bonds is 8. The number of carbonyl (C=O) groups is 1. The van der Waals surface area contributed by atoms with Crippen molar-refractivity contribution in [2.24, 2.45) is 0 Å². The average molecular weight is 360 g/mol. The van der Waals surface area contributed by atoms with Crippen LogP contribution in [0.1, 0.15) is 17.0 Å². The summed E-state index contributed by atoms with van der Waals surface area (Å²) in [4.78, 5) is 24.7. The highest BCUT2D eigenvalue weighted by Gasteiger charge is 2.26. The Morgan fingerprint density at radius 2 is 2.23 bits per heavy atom. The molecule has 0 radical (unpaired) electrons. The van der Waals surface area contributed by atoms with E-state index in [1.165, 1.54) is 18.4 Å². The first-order chi connectivity index (χ1) is 12.6. The van der Waals surface area contributed by atoms with Crippen molar-refractivity contribution in [2.45, 2.75) is 12.5 Å². The molecular weight excluding hydrogens is 340 g/mol. The molecule has 1 aromatic heterocycles. The summed E-state index contributed by atoms with van der Waals surface area (Å²) in [6.07, 6.45) is 1.79. The van der Waals surface area contributed by atoms with Gasteiger partial charge in [-0.25, -0.2) is 0 Å². The Morgan fingerprint density at radius 3 is 3.00 bits per heavy atom. The molecule has 2 aromatic rings. The molecule has 8 heteroatoms. The van der Waals surface area contributed by atoms with E-state index in [1.54, 1.807) is 24.3 Å². The van der Waals surface area contributed by atoms with E-state index in [-0.39, 0.29) is 17.5 Å². The van der Waals surface area contributed by atoms with Gasteiger partial charge in [0.05, 0.1) is 30.5 Å². The van der Waals surface area contributed by atoms with Crippen LogP contribution in [-0.4, -0.2) is 54.6 Å². The van der Waals surface area contributed by atoms with Crippen molar-refractivity contribution in [3.05, 3.63) is 58.5 Å². The monoisotopic (exact) mass is 360 g/mol. The summed E-state index contributed by atoms with van der Waals surface area (Å²) in [6.45, 7) is 2.74. The summed E-state index contributed by atoms with van der Waals surface area (Å²) >= 11 is 0. The maximum Gasteiger partial charge on any atom is 0.273 e. The number of carbonyl (C=O) groups excluding carboxylic acids is 1. The first-order valence-electron chi connectivity index (χ1n) is 8.39. The van der Waals surface area contributed by atoms with Crippen molar-refractivity contribution in [1.29, 1.82) is 0 Å². The van der Waals surface area contributed by atoms with Crippen LogP contribution in [0.2, 0.25) is 0 Å². The SMILES string of the molecule is O=C(C[C@H]1COCCN1CCOc1cccc([N+](=O)[O-])c1)c1ccco1. The van der Waals surface area contributed by atoms with Crippen LogP contribution in [0, 0.1) is 10.1 Å². The fraction of sp³-hybridized carbons (Fsp3) is 0.389. The number of morpholine rings is 1. The van der Waals surface area contributed by atoms with Gasteiger partial charge in [0.25, 0.3) is 5.69 Å². The highest BCUT2D eigenvalue weighted by molar-refractivity contribution is 5.93. The number of non-ortho nitro benzene ring substituents is 1. The van der Waals surface area contributed by atoms with Crippen LogP contribution in [0.5, 0.6) is 5.75 Å². The molecule has 1 fully saturated rings. The minimum Gasteiger partial charge on any atom is -0.492 e. The summed E-state index contributed by atoms with van der Waals surface area (Å²) < 4.78 is 16.3. The van der Waals surface area contributed by atoms with Crippen LogP contribution in [-0.2, 0) is 4.74 Å². The zero-order valence-electron chi connectivity index (χ0n) is 14.2. The van der Waals surface area contributed by atoms with Gasteiger partial charge < -0.3 is 13.9 Å². The molecule has 1 aliphatic heterocycles. The Kier molecular flexibility index (Phi) is 5.98. The highest BCUT2D eigenvalue weighted by atomic mass is 16.6. The van der Waals surface area contributed by atoms with Crippen LogP contribution >= 0.6 is 0 Å². The Balaban J connectivity index is 1.53. The summed E-state index contributed by atoms with van der Waals surface area (Å²) in [6, 6.07) is 9.39. The van der Waals surface area contributed by atoms with Gasteiger partial charge in [-0.1, -0.05) is 6.07 Å². The van der Waals surface area contributed by atoms with Crippen LogP contribution in [0.4, 0.5) is 5.69 Å². The third-order valence-electron chi connectivity index (χ3n) is 4.24. The number of ether oxygens (including phenoxy) is 2. The lowest BCUT2D eigenvalue weighted by molar-refractivity contribution is -0.384. The standard InChI is InChI=1S/C18H20N2O6/c21-17(18-5-2-8-26-18)12-15-13-24-9-6-19(15)7-10-25-16-4-1-3-14(11-16)20(22)23/h1-5,8,11,15H,6-7,9-10,12-13H2/t15-/m0/s1. The summed E-state index contributed by atoms with van der Waals surface area (Å²) in [5.41, 5.74) is -0.00389. The van der Waals surface area contributed by atoms with Gasteiger partial charge in [0.1, 0.15) is 12.4 Å². The van der Waals surface area contributed by atoms with E-state index in [0.29, 0.717) is 50.8 Å². The predicted octanol–water partition coefficient (Wildman–Crippen LogP) is 2.54. The van der Waals surface area contributed by atoms with E-state index >= 15 is 0 Å². The van der Waals surface area contributed by atoms with Crippen LogP contribution in [0.3, 0.4) is 0 Å². The van der Waals surface area contributed by atoms with Gasteiger partial charge >= 0.3 is 0 Å². The number of Topliss-reactive ketones (excluding diaryl/α,β-unsaturated/α-hetero) is 1. The molecule has 0 N–H and O–H groups in total. The summed E-state index contributed by atoms with van der Waals surface area (Å²) in [7, 11) is 0. The lowest BCUT2D eigenvalue weighted by atomic mass is 10.1. The second-order valence-electron chi connectivity index (χ2n) is 5.97. The quantitative estimate of drug-likeness (QED) is 0.405. The Bertz CT molecular complexity index is 746. The lowest BCUT2D eigenvalue weighted by Crippen LogP contribution is -2.47. The molecule has 138 valence electrons. The minimum absolute atomic E-state index is 0.00389. The number of furan rings is 1. The van der Waals surface area contributed by atoms with Gasteiger partial charge in [0, 0.05) is 31.6 Å². The molecule has 8 nitrogen and oxygen atoms in total. The number of nitro benzene ring substituents is 1. The third-order valence-corrected chi connectivity index (χ3v) is 4.24. The summed E-state index contributed by atoms with van der Waals surface area (Å²) in [5.74, 6) is 0.745. The van der Waals surface area contributed by atoms with Crippen LogP contribution in [0.15, 0.2) is 47.1 Å². The van der Waals surface area contributed by atoms with Gasteiger partial charge in [-0.3, -0.25) is 19.8 Å². The smallest absolute Gasteiger partial charge is 0.273 e. The van der Waals surface area contributed by atoms with E-state index in [4.69, 9.17) is 13.9 Å². The number of ketones is 1. The topological polar surface area (TPSA) is 95.0 Å². The first kappa shape index (κ1) is 18.1. The van der Waals surface area contributed by atoms with Crippen LogP contribution in [0.25, 0.3) is 0 Å². The molecule has 0 amide bonds. The number of nitrogens with zero attached hydrogens (tertiary/aromatic N) is 2. The fourth-order valence-corrected chi connectivity index (χ4v) is 2.89. The first-order valence-corrected chi connectivity index (χ1v) is 8.39. The third kappa shape index (κ3) is 4.68. The molecule has 1 saturated heterocycles. The minimum atomic E-state index is -0.453. The largest absolute Gasteiger partial charge is 0.492 e. The molecule has 26 heavy (non-hydrogen) atoms. The molecule has 1 aliphatic rings. The average Bonchev–Trinajstić information content (AvgIpc) is 3.18. The van der Waals surface area contributed by atoms with Crippen molar-refractivity contribution < 1.29 is 23.6 Å². The molecule has 3 rings (SSSR count). The molecule has 0 aliphatic carbocycles. The number of hydrogen-bond acceptors (Lipinski definition) is 7. The fourth-order valence-electron chi connectivity index (χ4n) is 2.89. The van der Waals surface area contributed by atoms with E-state index in [1.807, 2.05) is 0 Å². The predicted molar refractivity (Wildman–Crippen MR) is 92.4 cm³/mol. The van der Waals surface area contributed by atoms with E-state index in [0.717, 1.165) is 0 Å². The highest BCUT2D eigenvalue weighted by Crippen LogP contribution is 2.19. The van der Waals surface area contributed by atoms with E-state index in [9.17, 15) is 14.9 Å². The Hall–Kier alpha value is -2.71. The zero-order valence-corrected chi connectivity index (χ0v) is 14.2. The van der Waals surface area contributed by atoms with Crippen LogP contribution < -0.4 is 4.74 Å². The molecule has 1 atom stereocenters. The lowest BCUT2D eigenvalue weighted by Gasteiger charge is -2.34. The molecule has 1 aromatic carbocycles. The molecule has 0 saturated carbocycles. The van der Waals surface area contributed by atoms with Crippen molar-refractivity contribution in [3.63, 3.8) is 0 Å². The van der Waals surface area contributed by atoms with Gasteiger partial charge in [-0.2, -0.15) is 0 Å². The molecule has 0 spiro atoms. The zero-order chi connectivity index (χ0) is 18.4. The molecule has 0 bridgehead atoms. The van der Waals surface area contributed by atoms with Gasteiger partial charge in [-0.05, 0) is 18.2 Å². The van der Waals surface area contributed by atoms with Gasteiger partial charge in [0.15, 0.2) is 11.5 Å². The van der Waals surface area contributed by atoms with Gasteiger partial charge in [0.2, 0.25) is 0 Å². The maximum absolute atomic E-state index is 12.2. The molecule has 0 unspecified atom stereocenters. The Morgan fingerprint density at radius 1 is 1.35 bits per heavy atom. The molecule has 2 heterocycles. The Labute approximate surface area is 150 Å². The number of nitro groups is 1. The second kappa shape index (κ2) is 8.59. The van der Waals surface area contributed by atoms with Gasteiger partial charge in [-0.15, -0.1) is 0 Å².